The van der Waals surface area contributed by atoms with Gasteiger partial charge in [-0.1, -0.05) is 0 Å². The topological polar surface area (TPSA) is 30.9 Å². The Labute approximate surface area is 102 Å². The van der Waals surface area contributed by atoms with Gasteiger partial charge in [0, 0.05) is 29.2 Å². The molecular weight excluding hydrogens is 216 g/mol. The van der Waals surface area contributed by atoms with Crippen LogP contribution < -0.4 is 5.73 Å². The minimum atomic E-state index is 0.287. The number of aromatic nitrogens is 1. The second-order valence-corrected chi connectivity index (χ2v) is 6.51. The van der Waals surface area contributed by atoms with Crippen LogP contribution >= 0.6 is 11.8 Å². The molecule has 1 heterocycles. The zero-order valence-corrected chi connectivity index (χ0v) is 10.7. The van der Waals surface area contributed by atoms with Crippen molar-refractivity contribution in [2.75, 3.05) is 6.26 Å². The minimum Gasteiger partial charge on any atom is -0.350 e. The summed E-state index contributed by atoms with van der Waals surface area (Å²) in [5.41, 5.74) is 9.07. The van der Waals surface area contributed by atoms with Crippen molar-refractivity contribution in [1.29, 1.82) is 0 Å². The van der Waals surface area contributed by atoms with Gasteiger partial charge in [0.1, 0.15) is 0 Å². The summed E-state index contributed by atoms with van der Waals surface area (Å²) >= 11 is 2.04. The first-order valence-electron chi connectivity index (χ1n) is 6.23. The number of nitrogens with zero attached hydrogens (tertiary/aromatic N) is 1. The van der Waals surface area contributed by atoms with E-state index in [2.05, 4.69) is 23.1 Å². The number of hydrogen-bond donors (Lipinski definition) is 1. The van der Waals surface area contributed by atoms with Gasteiger partial charge in [0.15, 0.2) is 0 Å². The maximum Gasteiger partial charge on any atom is 0.0369 e. The maximum atomic E-state index is 6.15. The predicted molar refractivity (Wildman–Crippen MR) is 69.8 cm³/mol. The Morgan fingerprint density at radius 1 is 1.56 bits per heavy atom. The van der Waals surface area contributed by atoms with Crippen LogP contribution in [0.4, 0.5) is 0 Å². The molecule has 3 rings (SSSR count). The lowest BCUT2D eigenvalue weighted by Gasteiger charge is -2.22. The highest BCUT2D eigenvalue weighted by Gasteiger charge is 2.42. The molecule has 1 aromatic rings. The first-order chi connectivity index (χ1) is 7.74. The van der Waals surface area contributed by atoms with Crippen molar-refractivity contribution in [3.05, 3.63) is 23.5 Å². The number of rotatable bonds is 3. The predicted octanol–water partition coefficient (Wildman–Crippen LogP) is 2.72. The molecule has 1 unspecified atom stereocenters. The van der Waals surface area contributed by atoms with E-state index in [0.29, 0.717) is 4.75 Å². The van der Waals surface area contributed by atoms with Gasteiger partial charge in [-0.2, -0.15) is 11.8 Å². The molecule has 1 saturated carbocycles. The van der Waals surface area contributed by atoms with Gasteiger partial charge in [-0.3, -0.25) is 0 Å². The van der Waals surface area contributed by atoms with Crippen LogP contribution in [0.5, 0.6) is 0 Å². The SMILES string of the molecule is CSC1(Cn2ccc3c2CCCC3N)CC1. The molecule has 88 valence electrons. The van der Waals surface area contributed by atoms with E-state index in [1.165, 1.54) is 43.5 Å². The van der Waals surface area contributed by atoms with Crippen LogP contribution in [0.3, 0.4) is 0 Å². The lowest BCUT2D eigenvalue weighted by Crippen LogP contribution is -2.21. The molecule has 2 aliphatic carbocycles. The Morgan fingerprint density at radius 2 is 2.38 bits per heavy atom. The second-order valence-electron chi connectivity index (χ2n) is 5.23. The molecule has 1 aromatic heterocycles. The fourth-order valence-electron chi connectivity index (χ4n) is 2.82. The molecule has 0 saturated heterocycles. The number of nitrogens with two attached hydrogens (primary N) is 1. The Balaban J connectivity index is 1.86. The molecule has 0 aromatic carbocycles. The summed E-state index contributed by atoms with van der Waals surface area (Å²) in [6.45, 7) is 1.19. The van der Waals surface area contributed by atoms with Crippen LogP contribution in [0.15, 0.2) is 12.3 Å². The molecule has 2 N–H and O–H groups in total. The first-order valence-corrected chi connectivity index (χ1v) is 7.45. The molecule has 1 fully saturated rings. The van der Waals surface area contributed by atoms with Gasteiger partial charge < -0.3 is 10.3 Å². The molecule has 0 bridgehead atoms. The first kappa shape index (κ1) is 10.7. The lowest BCUT2D eigenvalue weighted by molar-refractivity contribution is 0.533. The highest BCUT2D eigenvalue weighted by Crippen LogP contribution is 2.49. The smallest absolute Gasteiger partial charge is 0.0369 e. The number of thioether (sulfide) groups is 1. The average Bonchev–Trinajstić information content (AvgIpc) is 2.95. The highest BCUT2D eigenvalue weighted by atomic mass is 32.2. The van der Waals surface area contributed by atoms with E-state index in [1.54, 1.807) is 0 Å². The maximum absolute atomic E-state index is 6.15. The van der Waals surface area contributed by atoms with Crippen LogP contribution in [0.2, 0.25) is 0 Å². The summed E-state index contributed by atoms with van der Waals surface area (Å²) in [4.78, 5) is 0. The fraction of sp³-hybridized carbons (Fsp3) is 0.692. The molecule has 0 aliphatic heterocycles. The molecule has 2 nitrogen and oxygen atoms in total. The number of hydrogen-bond acceptors (Lipinski definition) is 2. The quantitative estimate of drug-likeness (QED) is 0.875. The van der Waals surface area contributed by atoms with E-state index in [0.717, 1.165) is 6.42 Å². The molecule has 16 heavy (non-hydrogen) atoms. The molecule has 3 heteroatoms. The zero-order chi connectivity index (χ0) is 11.2. The Bertz CT molecular complexity index is 393. The molecule has 2 aliphatic rings. The molecule has 0 spiro atoms. The number of fused-ring (bicyclic) bond motifs is 1. The summed E-state index contributed by atoms with van der Waals surface area (Å²) in [6.07, 6.45) is 10.9. The van der Waals surface area contributed by atoms with Gasteiger partial charge in [-0.25, -0.2) is 0 Å². The van der Waals surface area contributed by atoms with Crippen molar-refractivity contribution in [1.82, 2.24) is 4.57 Å². The Kier molecular flexibility index (Phi) is 2.55. The van der Waals surface area contributed by atoms with E-state index in [9.17, 15) is 0 Å². The standard InChI is InChI=1S/C13H20N2S/c1-16-13(6-7-13)9-15-8-5-10-11(14)3-2-4-12(10)15/h5,8,11H,2-4,6-7,9,14H2,1H3. The van der Waals surface area contributed by atoms with Crippen molar-refractivity contribution in [3.8, 4) is 0 Å². The average molecular weight is 236 g/mol. The van der Waals surface area contributed by atoms with Crippen LogP contribution in [0.1, 0.15) is 43.0 Å². The summed E-state index contributed by atoms with van der Waals surface area (Å²) < 4.78 is 3.02. The summed E-state index contributed by atoms with van der Waals surface area (Å²) in [7, 11) is 0. The van der Waals surface area contributed by atoms with Crippen molar-refractivity contribution >= 4 is 11.8 Å². The van der Waals surface area contributed by atoms with Gasteiger partial charge in [-0.15, -0.1) is 0 Å². The van der Waals surface area contributed by atoms with Gasteiger partial charge >= 0.3 is 0 Å². The third-order valence-electron chi connectivity index (χ3n) is 4.14. The van der Waals surface area contributed by atoms with Crippen LogP contribution in [-0.2, 0) is 13.0 Å². The molecule has 0 amide bonds. The van der Waals surface area contributed by atoms with Crippen LogP contribution in [0.25, 0.3) is 0 Å². The van der Waals surface area contributed by atoms with Crippen molar-refractivity contribution in [3.63, 3.8) is 0 Å². The van der Waals surface area contributed by atoms with Gasteiger partial charge in [0.25, 0.3) is 0 Å². The second kappa shape index (κ2) is 3.81. The molecule has 1 atom stereocenters. The van der Waals surface area contributed by atoms with Gasteiger partial charge in [0.2, 0.25) is 0 Å². The van der Waals surface area contributed by atoms with E-state index >= 15 is 0 Å². The van der Waals surface area contributed by atoms with E-state index in [-0.39, 0.29) is 6.04 Å². The van der Waals surface area contributed by atoms with Crippen molar-refractivity contribution < 1.29 is 0 Å². The minimum absolute atomic E-state index is 0.287. The highest BCUT2D eigenvalue weighted by molar-refractivity contribution is 8.00. The molecule has 0 radical (unpaired) electrons. The Hall–Kier alpha value is -0.410. The largest absolute Gasteiger partial charge is 0.350 e. The summed E-state index contributed by atoms with van der Waals surface area (Å²) in [5, 5.41) is 0. The monoisotopic (exact) mass is 236 g/mol. The Morgan fingerprint density at radius 3 is 3.06 bits per heavy atom. The third kappa shape index (κ3) is 1.70. The van der Waals surface area contributed by atoms with Crippen LogP contribution in [-0.4, -0.2) is 15.6 Å². The third-order valence-corrected chi connectivity index (χ3v) is 5.54. The fourth-order valence-corrected chi connectivity index (χ4v) is 3.60. The van der Waals surface area contributed by atoms with E-state index in [1.807, 2.05) is 11.8 Å². The zero-order valence-electron chi connectivity index (χ0n) is 9.91. The van der Waals surface area contributed by atoms with Crippen molar-refractivity contribution in [2.24, 2.45) is 5.73 Å². The van der Waals surface area contributed by atoms with Crippen LogP contribution in [0, 0.1) is 0 Å². The van der Waals surface area contributed by atoms with Gasteiger partial charge in [0.05, 0.1) is 0 Å². The normalized spacial score (nSPS) is 26.5. The summed E-state index contributed by atoms with van der Waals surface area (Å²) in [5.74, 6) is 0. The summed E-state index contributed by atoms with van der Waals surface area (Å²) in [6, 6.07) is 2.53. The lowest BCUT2D eigenvalue weighted by atomic mass is 9.93. The van der Waals surface area contributed by atoms with E-state index in [4.69, 9.17) is 5.73 Å². The molecular formula is C13H20N2S. The van der Waals surface area contributed by atoms with Crippen molar-refractivity contribution in [2.45, 2.75) is 49.4 Å². The van der Waals surface area contributed by atoms with Gasteiger partial charge in [-0.05, 0) is 50.0 Å². The van der Waals surface area contributed by atoms with E-state index < -0.39 is 0 Å².